The van der Waals surface area contributed by atoms with Crippen molar-refractivity contribution in [3.63, 3.8) is 0 Å². The highest BCUT2D eigenvalue weighted by atomic mass is 32.1. The monoisotopic (exact) mass is 325 g/mol. The standard InChI is InChI=1S/C18H15NO3S/c20-15-9-17(22-16-4-2-1-3-14(15)16)18(21)19(13-5-6-13)10-12-7-8-23-11-12/h1-4,7-9,11,13H,5-6,10H2. The number of carbonyl (C=O) groups excluding carboxylic acids is 1. The second-order valence-corrected chi connectivity index (χ2v) is 6.55. The predicted molar refractivity (Wildman–Crippen MR) is 89.7 cm³/mol. The maximum Gasteiger partial charge on any atom is 0.290 e. The van der Waals surface area contributed by atoms with Crippen LogP contribution in [0.4, 0.5) is 0 Å². The molecule has 1 saturated carbocycles. The van der Waals surface area contributed by atoms with Crippen molar-refractivity contribution in [2.24, 2.45) is 0 Å². The zero-order valence-electron chi connectivity index (χ0n) is 12.4. The summed E-state index contributed by atoms with van der Waals surface area (Å²) in [6.45, 7) is 0.559. The molecule has 1 aromatic carbocycles. The fourth-order valence-corrected chi connectivity index (χ4v) is 3.34. The molecule has 1 amide bonds. The molecule has 0 spiro atoms. The van der Waals surface area contributed by atoms with Crippen LogP contribution in [0, 0.1) is 0 Å². The highest BCUT2D eigenvalue weighted by molar-refractivity contribution is 7.07. The first-order chi connectivity index (χ1) is 11.2. The first-order valence-corrected chi connectivity index (χ1v) is 8.51. The second kappa shape index (κ2) is 5.66. The number of thiophene rings is 1. The third-order valence-corrected chi connectivity index (χ3v) is 4.76. The van der Waals surface area contributed by atoms with Crippen molar-refractivity contribution in [3.8, 4) is 0 Å². The minimum Gasteiger partial charge on any atom is -0.451 e. The minimum absolute atomic E-state index is 0.121. The van der Waals surface area contributed by atoms with Crippen molar-refractivity contribution in [1.82, 2.24) is 4.90 Å². The van der Waals surface area contributed by atoms with E-state index in [9.17, 15) is 9.59 Å². The van der Waals surface area contributed by atoms with Crippen molar-refractivity contribution in [3.05, 3.63) is 68.7 Å². The van der Waals surface area contributed by atoms with E-state index in [1.54, 1.807) is 35.6 Å². The van der Waals surface area contributed by atoms with Gasteiger partial charge in [0.05, 0.1) is 5.39 Å². The Kier molecular flexibility index (Phi) is 3.50. The predicted octanol–water partition coefficient (Wildman–Crippen LogP) is 3.66. The van der Waals surface area contributed by atoms with E-state index in [0.717, 1.165) is 18.4 Å². The fourth-order valence-electron chi connectivity index (χ4n) is 2.68. The lowest BCUT2D eigenvalue weighted by atomic mass is 10.2. The van der Waals surface area contributed by atoms with Gasteiger partial charge >= 0.3 is 0 Å². The van der Waals surface area contributed by atoms with Gasteiger partial charge in [-0.25, -0.2) is 0 Å². The Balaban J connectivity index is 1.70. The molecule has 4 nitrogen and oxygen atoms in total. The van der Waals surface area contributed by atoms with E-state index in [2.05, 4.69) is 0 Å². The lowest BCUT2D eigenvalue weighted by Crippen LogP contribution is -2.33. The molecular formula is C18H15NO3S. The summed E-state index contributed by atoms with van der Waals surface area (Å²) in [4.78, 5) is 26.9. The van der Waals surface area contributed by atoms with Crippen LogP contribution < -0.4 is 5.43 Å². The van der Waals surface area contributed by atoms with Gasteiger partial charge in [0.1, 0.15) is 5.58 Å². The van der Waals surface area contributed by atoms with Gasteiger partial charge in [0.25, 0.3) is 5.91 Å². The molecule has 23 heavy (non-hydrogen) atoms. The van der Waals surface area contributed by atoms with Crippen LogP contribution in [0.1, 0.15) is 29.0 Å². The van der Waals surface area contributed by atoms with Crippen LogP contribution in [0.25, 0.3) is 11.0 Å². The van der Waals surface area contributed by atoms with Crippen molar-refractivity contribution >= 4 is 28.2 Å². The van der Waals surface area contributed by atoms with E-state index >= 15 is 0 Å². The number of hydrogen-bond donors (Lipinski definition) is 0. The van der Waals surface area contributed by atoms with Crippen LogP contribution >= 0.6 is 11.3 Å². The largest absolute Gasteiger partial charge is 0.451 e. The highest BCUT2D eigenvalue weighted by Crippen LogP contribution is 2.30. The molecule has 2 aromatic heterocycles. The van der Waals surface area contributed by atoms with E-state index in [1.807, 2.05) is 21.7 Å². The molecule has 0 atom stereocenters. The Bertz CT molecular complexity index is 909. The first-order valence-electron chi connectivity index (χ1n) is 7.57. The molecule has 3 aromatic rings. The van der Waals surface area contributed by atoms with Gasteiger partial charge in [0.15, 0.2) is 11.2 Å². The summed E-state index contributed by atoms with van der Waals surface area (Å²) >= 11 is 1.61. The maximum atomic E-state index is 12.8. The summed E-state index contributed by atoms with van der Waals surface area (Å²) in [7, 11) is 0. The Morgan fingerprint density at radius 1 is 1.26 bits per heavy atom. The molecule has 2 heterocycles. The number of benzene rings is 1. The molecule has 0 aliphatic heterocycles. The quantitative estimate of drug-likeness (QED) is 0.735. The normalized spacial score (nSPS) is 14.1. The fraction of sp³-hybridized carbons (Fsp3) is 0.222. The van der Waals surface area contributed by atoms with Crippen LogP contribution in [0.3, 0.4) is 0 Å². The highest BCUT2D eigenvalue weighted by Gasteiger charge is 2.34. The number of para-hydroxylation sites is 1. The van der Waals surface area contributed by atoms with Crippen molar-refractivity contribution in [2.45, 2.75) is 25.4 Å². The first kappa shape index (κ1) is 14.2. The summed E-state index contributed by atoms with van der Waals surface area (Å²) in [5.74, 6) is -0.0858. The summed E-state index contributed by atoms with van der Waals surface area (Å²) < 4.78 is 5.69. The van der Waals surface area contributed by atoms with Gasteiger partial charge in [-0.1, -0.05) is 12.1 Å². The molecule has 116 valence electrons. The summed E-state index contributed by atoms with van der Waals surface area (Å²) in [5, 5.41) is 4.54. The van der Waals surface area contributed by atoms with Gasteiger partial charge in [-0.3, -0.25) is 9.59 Å². The molecule has 0 bridgehead atoms. The third-order valence-electron chi connectivity index (χ3n) is 4.03. The average Bonchev–Trinajstić information content (AvgIpc) is 3.28. The number of nitrogens with zero attached hydrogens (tertiary/aromatic N) is 1. The van der Waals surface area contributed by atoms with E-state index in [4.69, 9.17) is 4.42 Å². The Hall–Kier alpha value is -2.40. The van der Waals surface area contributed by atoms with E-state index in [1.165, 1.54) is 6.07 Å². The Morgan fingerprint density at radius 3 is 2.83 bits per heavy atom. The van der Waals surface area contributed by atoms with Gasteiger partial charge in [-0.05, 0) is 47.4 Å². The molecule has 0 unspecified atom stereocenters. The third kappa shape index (κ3) is 2.80. The molecule has 1 fully saturated rings. The van der Waals surface area contributed by atoms with Gasteiger partial charge in [-0.2, -0.15) is 11.3 Å². The van der Waals surface area contributed by atoms with E-state index in [-0.39, 0.29) is 23.1 Å². The number of fused-ring (bicyclic) bond motifs is 1. The topological polar surface area (TPSA) is 50.5 Å². The minimum atomic E-state index is -0.207. The number of carbonyl (C=O) groups is 1. The molecule has 0 N–H and O–H groups in total. The molecule has 0 radical (unpaired) electrons. The zero-order valence-corrected chi connectivity index (χ0v) is 13.2. The van der Waals surface area contributed by atoms with Crippen molar-refractivity contribution in [1.29, 1.82) is 0 Å². The number of amides is 1. The van der Waals surface area contributed by atoms with Crippen molar-refractivity contribution < 1.29 is 9.21 Å². The molecule has 1 aliphatic carbocycles. The average molecular weight is 325 g/mol. The summed E-state index contributed by atoms with van der Waals surface area (Å²) in [6.07, 6.45) is 2.02. The molecule has 5 heteroatoms. The van der Waals surface area contributed by atoms with Gasteiger partial charge in [0.2, 0.25) is 0 Å². The van der Waals surface area contributed by atoms with Crippen LogP contribution in [0.2, 0.25) is 0 Å². The molecular weight excluding hydrogens is 310 g/mol. The maximum absolute atomic E-state index is 12.8. The van der Waals surface area contributed by atoms with E-state index < -0.39 is 0 Å². The van der Waals surface area contributed by atoms with Gasteiger partial charge < -0.3 is 9.32 Å². The second-order valence-electron chi connectivity index (χ2n) is 5.77. The number of rotatable bonds is 4. The van der Waals surface area contributed by atoms with Gasteiger partial charge in [0, 0.05) is 18.7 Å². The zero-order chi connectivity index (χ0) is 15.8. The smallest absolute Gasteiger partial charge is 0.290 e. The van der Waals surface area contributed by atoms with Crippen LogP contribution in [-0.2, 0) is 6.54 Å². The lowest BCUT2D eigenvalue weighted by molar-refractivity contribution is 0.0698. The van der Waals surface area contributed by atoms with Gasteiger partial charge in [-0.15, -0.1) is 0 Å². The molecule has 1 aliphatic rings. The summed E-state index contributed by atoms with van der Waals surface area (Å²) in [5.41, 5.74) is 1.38. The Morgan fingerprint density at radius 2 is 2.09 bits per heavy atom. The molecule has 0 saturated heterocycles. The number of hydrogen-bond acceptors (Lipinski definition) is 4. The van der Waals surface area contributed by atoms with Crippen molar-refractivity contribution in [2.75, 3.05) is 0 Å². The van der Waals surface area contributed by atoms with Crippen LogP contribution in [0.15, 0.2) is 56.4 Å². The van der Waals surface area contributed by atoms with E-state index in [0.29, 0.717) is 17.5 Å². The van der Waals surface area contributed by atoms with Crippen LogP contribution in [0.5, 0.6) is 0 Å². The summed E-state index contributed by atoms with van der Waals surface area (Å²) in [6, 6.07) is 10.6. The van der Waals surface area contributed by atoms with Crippen LogP contribution in [-0.4, -0.2) is 16.8 Å². The SMILES string of the molecule is O=C(c1cc(=O)c2ccccc2o1)N(Cc1ccsc1)C1CC1. The lowest BCUT2D eigenvalue weighted by Gasteiger charge is -2.21. The Labute approximate surface area is 137 Å². The molecule has 4 rings (SSSR count).